The molecule has 0 atom stereocenters. The minimum absolute atomic E-state index is 0.0719. The van der Waals surface area contributed by atoms with E-state index in [9.17, 15) is 9.59 Å². The first-order chi connectivity index (χ1) is 10.5. The zero-order valence-corrected chi connectivity index (χ0v) is 14.2. The van der Waals surface area contributed by atoms with Gasteiger partial charge in [-0.25, -0.2) is 0 Å². The Labute approximate surface area is 133 Å². The Hall–Kier alpha value is -1.84. The second-order valence-corrected chi connectivity index (χ2v) is 5.91. The van der Waals surface area contributed by atoms with E-state index in [2.05, 4.69) is 26.1 Å². The van der Waals surface area contributed by atoms with Crippen molar-refractivity contribution in [2.45, 2.75) is 52.9 Å². The van der Waals surface area contributed by atoms with Crippen LogP contribution in [-0.4, -0.2) is 24.9 Å². The van der Waals surface area contributed by atoms with E-state index < -0.39 is 0 Å². The molecule has 4 nitrogen and oxygen atoms in total. The van der Waals surface area contributed by atoms with Gasteiger partial charge in [-0.15, -0.1) is 0 Å². The molecule has 0 spiro atoms. The summed E-state index contributed by atoms with van der Waals surface area (Å²) in [7, 11) is 0. The molecular formula is C18H28N2O2. The Bertz CT molecular complexity index is 480. The topological polar surface area (TPSA) is 49.4 Å². The summed E-state index contributed by atoms with van der Waals surface area (Å²) in [4.78, 5) is 25.3. The van der Waals surface area contributed by atoms with E-state index in [1.54, 1.807) is 0 Å². The molecule has 0 bridgehead atoms. The maximum atomic E-state index is 12.0. The highest BCUT2D eigenvalue weighted by molar-refractivity contribution is 5.97. The fraction of sp³-hybridized carbons (Fsp3) is 0.556. The lowest BCUT2D eigenvalue weighted by atomic mass is 10.0. The van der Waals surface area contributed by atoms with Crippen LogP contribution in [0.1, 0.15) is 58.4 Å². The van der Waals surface area contributed by atoms with Crippen LogP contribution in [0.25, 0.3) is 0 Å². The van der Waals surface area contributed by atoms with Crippen LogP contribution in [0.3, 0.4) is 0 Å². The van der Waals surface area contributed by atoms with E-state index in [-0.39, 0.29) is 18.4 Å². The maximum absolute atomic E-state index is 12.0. The predicted octanol–water partition coefficient (Wildman–Crippen LogP) is 3.47. The van der Waals surface area contributed by atoms with Crippen LogP contribution < -0.4 is 10.2 Å². The largest absolute Gasteiger partial charge is 0.355 e. The van der Waals surface area contributed by atoms with Crippen LogP contribution in [0, 0.1) is 0 Å². The van der Waals surface area contributed by atoms with Gasteiger partial charge >= 0.3 is 0 Å². The Morgan fingerprint density at radius 1 is 1.14 bits per heavy atom. The van der Waals surface area contributed by atoms with E-state index >= 15 is 0 Å². The third kappa shape index (κ3) is 5.88. The molecule has 1 aromatic carbocycles. The molecule has 0 saturated carbocycles. The Morgan fingerprint density at radius 2 is 1.77 bits per heavy atom. The number of hydrogen-bond acceptors (Lipinski definition) is 2. The number of anilines is 1. The maximum Gasteiger partial charge on any atom is 0.240 e. The summed E-state index contributed by atoms with van der Waals surface area (Å²) in [6, 6.07) is 7.83. The Kier molecular flexibility index (Phi) is 7.64. The Morgan fingerprint density at radius 3 is 2.27 bits per heavy atom. The summed E-state index contributed by atoms with van der Waals surface area (Å²) in [5.41, 5.74) is 1.98. The highest BCUT2D eigenvalue weighted by Gasteiger charge is 2.15. The van der Waals surface area contributed by atoms with E-state index in [4.69, 9.17) is 0 Å². The first-order valence-corrected chi connectivity index (χ1v) is 8.10. The van der Waals surface area contributed by atoms with Gasteiger partial charge in [-0.05, 0) is 30.0 Å². The van der Waals surface area contributed by atoms with Crippen LogP contribution in [0.4, 0.5) is 5.69 Å². The van der Waals surface area contributed by atoms with Crippen molar-refractivity contribution in [2.24, 2.45) is 0 Å². The normalized spacial score (nSPS) is 10.6. The van der Waals surface area contributed by atoms with Crippen molar-refractivity contribution in [1.29, 1.82) is 0 Å². The van der Waals surface area contributed by atoms with Gasteiger partial charge in [0.1, 0.15) is 6.54 Å². The van der Waals surface area contributed by atoms with Crippen molar-refractivity contribution in [3.8, 4) is 0 Å². The highest BCUT2D eigenvalue weighted by atomic mass is 16.2. The molecule has 0 saturated heterocycles. The summed E-state index contributed by atoms with van der Waals surface area (Å²) in [6.07, 6.45) is 3.20. The molecule has 0 fully saturated rings. The third-order valence-corrected chi connectivity index (χ3v) is 3.66. The zero-order valence-electron chi connectivity index (χ0n) is 14.2. The van der Waals surface area contributed by atoms with Crippen molar-refractivity contribution < 1.29 is 9.59 Å². The van der Waals surface area contributed by atoms with E-state index in [1.807, 2.05) is 24.3 Å². The minimum Gasteiger partial charge on any atom is -0.355 e. The SMILES string of the molecule is CCCCCNC(=O)CN(C(C)=O)c1ccc(C(C)C)cc1. The summed E-state index contributed by atoms with van der Waals surface area (Å²) in [5, 5.41) is 2.87. The number of benzene rings is 1. The standard InChI is InChI=1S/C18H28N2O2/c1-5-6-7-12-19-18(22)13-20(15(4)21)17-10-8-16(9-11-17)14(2)3/h8-11,14H,5-7,12-13H2,1-4H3,(H,19,22). The molecule has 0 aromatic heterocycles. The van der Waals surface area contributed by atoms with Crippen molar-refractivity contribution in [3.63, 3.8) is 0 Å². The number of carbonyl (C=O) groups excluding carboxylic acids is 2. The minimum atomic E-state index is -0.124. The van der Waals surface area contributed by atoms with Gasteiger partial charge in [0.2, 0.25) is 11.8 Å². The van der Waals surface area contributed by atoms with Crippen LogP contribution >= 0.6 is 0 Å². The molecule has 2 amide bonds. The van der Waals surface area contributed by atoms with Gasteiger partial charge in [-0.3, -0.25) is 9.59 Å². The second kappa shape index (κ2) is 9.23. The molecular weight excluding hydrogens is 276 g/mol. The molecule has 0 radical (unpaired) electrons. The number of unbranched alkanes of at least 4 members (excludes halogenated alkanes) is 2. The van der Waals surface area contributed by atoms with Crippen molar-refractivity contribution in [1.82, 2.24) is 5.32 Å². The molecule has 0 aliphatic rings. The molecule has 1 rings (SSSR count). The first-order valence-electron chi connectivity index (χ1n) is 8.10. The summed E-state index contributed by atoms with van der Waals surface area (Å²) in [5.74, 6) is 0.210. The van der Waals surface area contributed by atoms with E-state index in [0.29, 0.717) is 12.5 Å². The van der Waals surface area contributed by atoms with Gasteiger partial charge in [0.25, 0.3) is 0 Å². The van der Waals surface area contributed by atoms with Gasteiger partial charge < -0.3 is 10.2 Å². The quantitative estimate of drug-likeness (QED) is 0.748. The number of carbonyl (C=O) groups is 2. The fourth-order valence-corrected chi connectivity index (χ4v) is 2.23. The van der Waals surface area contributed by atoms with Crippen molar-refractivity contribution in [2.75, 3.05) is 18.0 Å². The molecule has 0 unspecified atom stereocenters. The van der Waals surface area contributed by atoms with E-state index in [0.717, 1.165) is 24.9 Å². The number of amides is 2. The van der Waals surface area contributed by atoms with Gasteiger partial charge in [0.15, 0.2) is 0 Å². The number of rotatable bonds is 8. The third-order valence-electron chi connectivity index (χ3n) is 3.66. The summed E-state index contributed by atoms with van der Waals surface area (Å²) in [6.45, 7) is 8.61. The molecule has 0 aliphatic heterocycles. The smallest absolute Gasteiger partial charge is 0.240 e. The molecule has 4 heteroatoms. The second-order valence-electron chi connectivity index (χ2n) is 5.91. The zero-order chi connectivity index (χ0) is 16.5. The van der Waals surface area contributed by atoms with Crippen LogP contribution in [0.2, 0.25) is 0 Å². The van der Waals surface area contributed by atoms with Gasteiger partial charge in [0.05, 0.1) is 0 Å². The highest BCUT2D eigenvalue weighted by Crippen LogP contribution is 2.20. The van der Waals surface area contributed by atoms with Crippen LogP contribution in [-0.2, 0) is 9.59 Å². The van der Waals surface area contributed by atoms with Crippen molar-refractivity contribution >= 4 is 17.5 Å². The lowest BCUT2D eigenvalue weighted by Crippen LogP contribution is -2.40. The van der Waals surface area contributed by atoms with E-state index in [1.165, 1.54) is 17.4 Å². The molecule has 1 aromatic rings. The number of nitrogens with zero attached hydrogens (tertiary/aromatic N) is 1. The van der Waals surface area contributed by atoms with Gasteiger partial charge in [0, 0.05) is 19.2 Å². The number of nitrogens with one attached hydrogen (secondary N) is 1. The Balaban J connectivity index is 2.65. The predicted molar refractivity (Wildman–Crippen MR) is 91.1 cm³/mol. The molecule has 1 N–H and O–H groups in total. The molecule has 22 heavy (non-hydrogen) atoms. The monoisotopic (exact) mass is 304 g/mol. The van der Waals surface area contributed by atoms with Crippen molar-refractivity contribution in [3.05, 3.63) is 29.8 Å². The molecule has 122 valence electrons. The van der Waals surface area contributed by atoms with Crippen LogP contribution in [0.5, 0.6) is 0 Å². The summed E-state index contributed by atoms with van der Waals surface area (Å²) >= 11 is 0. The average molecular weight is 304 g/mol. The number of hydrogen-bond donors (Lipinski definition) is 1. The summed E-state index contributed by atoms with van der Waals surface area (Å²) < 4.78 is 0. The van der Waals surface area contributed by atoms with Crippen LogP contribution in [0.15, 0.2) is 24.3 Å². The van der Waals surface area contributed by atoms with Gasteiger partial charge in [-0.1, -0.05) is 45.7 Å². The fourth-order valence-electron chi connectivity index (χ4n) is 2.23. The first kappa shape index (κ1) is 18.2. The average Bonchev–Trinajstić information content (AvgIpc) is 2.49. The molecule has 0 aliphatic carbocycles. The van der Waals surface area contributed by atoms with Gasteiger partial charge in [-0.2, -0.15) is 0 Å². The lowest BCUT2D eigenvalue weighted by molar-refractivity contribution is -0.123. The molecule has 0 heterocycles. The lowest BCUT2D eigenvalue weighted by Gasteiger charge is -2.21.